The van der Waals surface area contributed by atoms with Gasteiger partial charge in [0.25, 0.3) is 0 Å². The third-order valence-corrected chi connectivity index (χ3v) is 3.60. The van der Waals surface area contributed by atoms with Gasteiger partial charge in [0.15, 0.2) is 0 Å². The van der Waals surface area contributed by atoms with Gasteiger partial charge in [-0.1, -0.05) is 0 Å². The molecule has 2 aromatic rings. The molecule has 0 aliphatic heterocycles. The minimum atomic E-state index is -0.616. The highest BCUT2D eigenvalue weighted by molar-refractivity contribution is 5.87. The Morgan fingerprint density at radius 3 is 2.84 bits per heavy atom. The molecule has 0 saturated heterocycles. The van der Waals surface area contributed by atoms with Crippen LogP contribution in [0.3, 0.4) is 0 Å². The van der Waals surface area contributed by atoms with E-state index in [1.54, 1.807) is 19.4 Å². The monoisotopic (exact) mass is 347 g/mol. The number of nitrogens with zero attached hydrogens (tertiary/aromatic N) is 1. The fourth-order valence-electron chi connectivity index (χ4n) is 2.30. The van der Waals surface area contributed by atoms with Crippen molar-refractivity contribution in [1.29, 1.82) is 0 Å². The van der Waals surface area contributed by atoms with Gasteiger partial charge in [-0.15, -0.1) is 0 Å². The largest absolute Gasteiger partial charge is 0.497 e. The van der Waals surface area contributed by atoms with Crippen LogP contribution in [0, 0.1) is 0 Å². The summed E-state index contributed by atoms with van der Waals surface area (Å²) in [5.74, 6) is 0.110. The molecule has 0 bridgehead atoms. The van der Waals surface area contributed by atoms with E-state index in [-0.39, 0.29) is 13.0 Å². The van der Waals surface area contributed by atoms with Gasteiger partial charge in [-0.2, -0.15) is 0 Å². The Bertz CT molecular complexity index is 750. The summed E-state index contributed by atoms with van der Waals surface area (Å²) in [4.78, 5) is 26.5. The minimum Gasteiger partial charge on any atom is -0.497 e. The molecule has 2 amide bonds. The second-order valence-electron chi connectivity index (χ2n) is 5.41. The van der Waals surface area contributed by atoms with E-state index in [0.29, 0.717) is 18.1 Å². The lowest BCUT2D eigenvalue weighted by molar-refractivity contribution is -0.124. The summed E-state index contributed by atoms with van der Waals surface area (Å²) in [6.07, 6.45) is 1.52. The number of amides is 2. The molecule has 0 spiro atoms. The SMILES string of the molecule is COc1ccc2c(O[C@H](CCC(N)=O)CNC(=O)CO)nccc2c1. The van der Waals surface area contributed by atoms with E-state index in [0.717, 1.165) is 10.8 Å². The first kappa shape index (κ1) is 18.5. The first-order valence-electron chi connectivity index (χ1n) is 7.78. The molecule has 134 valence electrons. The molecule has 0 fully saturated rings. The van der Waals surface area contributed by atoms with Crippen molar-refractivity contribution in [2.75, 3.05) is 20.3 Å². The maximum absolute atomic E-state index is 11.3. The number of pyridine rings is 1. The van der Waals surface area contributed by atoms with E-state index in [9.17, 15) is 9.59 Å². The molecule has 1 heterocycles. The number of fused-ring (bicyclic) bond motifs is 1. The highest BCUT2D eigenvalue weighted by Gasteiger charge is 2.16. The zero-order chi connectivity index (χ0) is 18.2. The van der Waals surface area contributed by atoms with E-state index in [1.165, 1.54) is 0 Å². The van der Waals surface area contributed by atoms with E-state index in [2.05, 4.69) is 10.3 Å². The van der Waals surface area contributed by atoms with Crippen molar-refractivity contribution >= 4 is 22.6 Å². The molecule has 1 atom stereocenters. The normalized spacial score (nSPS) is 11.8. The summed E-state index contributed by atoms with van der Waals surface area (Å²) in [6.45, 7) is -0.490. The molecule has 0 aliphatic carbocycles. The molecule has 1 aromatic heterocycles. The van der Waals surface area contributed by atoms with Crippen molar-refractivity contribution < 1.29 is 24.2 Å². The molecular weight excluding hydrogens is 326 g/mol. The summed E-state index contributed by atoms with van der Waals surface area (Å²) in [6, 6.07) is 7.31. The Morgan fingerprint density at radius 2 is 2.16 bits per heavy atom. The first-order valence-corrected chi connectivity index (χ1v) is 7.78. The maximum atomic E-state index is 11.3. The Balaban J connectivity index is 2.19. The number of aromatic nitrogens is 1. The lowest BCUT2D eigenvalue weighted by Gasteiger charge is -2.19. The first-order chi connectivity index (χ1) is 12.0. The van der Waals surface area contributed by atoms with Crippen LogP contribution >= 0.6 is 0 Å². The predicted octanol–water partition coefficient (Wildman–Crippen LogP) is 0.365. The average molecular weight is 347 g/mol. The number of rotatable bonds is 9. The molecule has 0 unspecified atom stereocenters. The Labute approximate surface area is 144 Å². The summed E-state index contributed by atoms with van der Waals surface area (Å²) < 4.78 is 11.1. The Hall–Kier alpha value is -2.87. The van der Waals surface area contributed by atoms with Gasteiger partial charge in [-0.3, -0.25) is 9.59 Å². The van der Waals surface area contributed by atoms with Crippen LogP contribution in [-0.4, -0.2) is 48.3 Å². The van der Waals surface area contributed by atoms with Crippen LogP contribution in [0.2, 0.25) is 0 Å². The van der Waals surface area contributed by atoms with Crippen molar-refractivity contribution in [3.8, 4) is 11.6 Å². The van der Waals surface area contributed by atoms with Gasteiger partial charge in [0.05, 0.1) is 13.7 Å². The number of aliphatic hydroxyl groups is 1. The van der Waals surface area contributed by atoms with Crippen LogP contribution in [0.15, 0.2) is 30.5 Å². The standard InChI is InChI=1S/C17H21N3O5/c1-24-12-2-4-14-11(8-12)6-7-19-17(14)25-13(3-5-15(18)22)9-20-16(23)10-21/h2,4,6-8,13,21H,3,5,9-10H2,1H3,(H2,18,22)(H,20,23)/t13-/m1/s1. The number of benzene rings is 1. The van der Waals surface area contributed by atoms with Gasteiger partial charge in [0.1, 0.15) is 18.5 Å². The number of aliphatic hydroxyl groups excluding tert-OH is 1. The minimum absolute atomic E-state index is 0.109. The van der Waals surface area contributed by atoms with Crippen molar-refractivity contribution in [2.45, 2.75) is 18.9 Å². The molecule has 8 nitrogen and oxygen atoms in total. The number of hydrogen-bond donors (Lipinski definition) is 3. The third kappa shape index (κ3) is 5.32. The molecule has 8 heteroatoms. The molecule has 2 rings (SSSR count). The fourth-order valence-corrected chi connectivity index (χ4v) is 2.30. The van der Waals surface area contributed by atoms with Crippen molar-refractivity contribution in [3.63, 3.8) is 0 Å². The fraction of sp³-hybridized carbons (Fsp3) is 0.353. The van der Waals surface area contributed by atoms with E-state index in [1.807, 2.05) is 18.2 Å². The van der Waals surface area contributed by atoms with Crippen molar-refractivity contribution in [1.82, 2.24) is 10.3 Å². The smallest absolute Gasteiger partial charge is 0.245 e. The van der Waals surface area contributed by atoms with Gasteiger partial charge in [0.2, 0.25) is 17.7 Å². The van der Waals surface area contributed by atoms with Crippen LogP contribution in [-0.2, 0) is 9.59 Å². The zero-order valence-corrected chi connectivity index (χ0v) is 13.9. The van der Waals surface area contributed by atoms with E-state index >= 15 is 0 Å². The highest BCUT2D eigenvalue weighted by atomic mass is 16.5. The van der Waals surface area contributed by atoms with Crippen LogP contribution in [0.25, 0.3) is 10.8 Å². The van der Waals surface area contributed by atoms with Gasteiger partial charge >= 0.3 is 0 Å². The van der Waals surface area contributed by atoms with Gasteiger partial charge in [-0.25, -0.2) is 4.98 Å². The predicted molar refractivity (Wildman–Crippen MR) is 91.2 cm³/mol. The Morgan fingerprint density at radius 1 is 1.36 bits per heavy atom. The number of ether oxygens (including phenoxy) is 2. The van der Waals surface area contributed by atoms with E-state index < -0.39 is 24.5 Å². The number of carbonyl (C=O) groups excluding carboxylic acids is 2. The van der Waals surface area contributed by atoms with Gasteiger partial charge in [0, 0.05) is 18.0 Å². The lowest BCUT2D eigenvalue weighted by atomic mass is 10.1. The number of hydrogen-bond acceptors (Lipinski definition) is 6. The molecular formula is C17H21N3O5. The molecule has 0 aliphatic rings. The maximum Gasteiger partial charge on any atom is 0.245 e. The van der Waals surface area contributed by atoms with Crippen molar-refractivity contribution in [3.05, 3.63) is 30.5 Å². The molecule has 0 radical (unpaired) electrons. The quantitative estimate of drug-likeness (QED) is 0.602. The van der Waals surface area contributed by atoms with Crippen LogP contribution in [0.1, 0.15) is 12.8 Å². The zero-order valence-electron chi connectivity index (χ0n) is 13.9. The molecule has 4 N–H and O–H groups in total. The highest BCUT2D eigenvalue weighted by Crippen LogP contribution is 2.27. The summed E-state index contributed by atoms with van der Waals surface area (Å²) in [5.41, 5.74) is 5.19. The number of nitrogens with two attached hydrogens (primary N) is 1. The topological polar surface area (TPSA) is 124 Å². The molecule has 25 heavy (non-hydrogen) atoms. The lowest BCUT2D eigenvalue weighted by Crippen LogP contribution is -2.37. The van der Waals surface area contributed by atoms with Gasteiger partial charge < -0.3 is 25.6 Å². The Kier molecular flexibility index (Phi) is 6.53. The van der Waals surface area contributed by atoms with Crippen molar-refractivity contribution in [2.24, 2.45) is 5.73 Å². The van der Waals surface area contributed by atoms with Gasteiger partial charge in [-0.05, 0) is 36.1 Å². The van der Waals surface area contributed by atoms with E-state index in [4.69, 9.17) is 20.3 Å². The second kappa shape index (κ2) is 8.84. The number of carbonyl (C=O) groups is 2. The summed E-state index contributed by atoms with van der Waals surface area (Å²) in [5, 5.41) is 13.0. The number of primary amides is 1. The molecule has 0 saturated carbocycles. The average Bonchev–Trinajstić information content (AvgIpc) is 2.63. The van der Waals surface area contributed by atoms with Crippen LogP contribution in [0.5, 0.6) is 11.6 Å². The molecule has 1 aromatic carbocycles. The third-order valence-electron chi connectivity index (χ3n) is 3.60. The van der Waals surface area contributed by atoms with Crippen LogP contribution in [0.4, 0.5) is 0 Å². The summed E-state index contributed by atoms with van der Waals surface area (Å²) in [7, 11) is 1.59. The summed E-state index contributed by atoms with van der Waals surface area (Å²) >= 11 is 0. The second-order valence-corrected chi connectivity index (χ2v) is 5.41. The number of methoxy groups -OCH3 is 1. The number of nitrogens with one attached hydrogen (secondary N) is 1. The van der Waals surface area contributed by atoms with Crippen LogP contribution < -0.4 is 20.5 Å².